The van der Waals surface area contributed by atoms with Crippen molar-refractivity contribution in [3.63, 3.8) is 0 Å². The third-order valence-electron chi connectivity index (χ3n) is 7.03. The monoisotopic (exact) mass is 503 g/mol. The molecule has 0 radical (unpaired) electrons. The summed E-state index contributed by atoms with van der Waals surface area (Å²) in [5.74, 6) is -0.782. The number of hydrogen-bond donors (Lipinski definition) is 0. The molecule has 0 aromatic heterocycles. The average molecular weight is 504 g/mol. The van der Waals surface area contributed by atoms with Gasteiger partial charge in [-0.05, 0) is 77.2 Å². The maximum atomic E-state index is 13.8. The number of rotatable bonds is 14. The van der Waals surface area contributed by atoms with Gasteiger partial charge in [-0.1, -0.05) is 52.2 Å². The van der Waals surface area contributed by atoms with Crippen molar-refractivity contribution >= 4 is 30.5 Å². The van der Waals surface area contributed by atoms with Gasteiger partial charge in [0.25, 0.3) is 5.91 Å². The summed E-state index contributed by atoms with van der Waals surface area (Å²) in [7, 11) is -1.65. The number of carbonyl (C=O) groups is 3. The molecule has 3 amide bonds. The highest BCUT2D eigenvalue weighted by atomic mass is 31.2. The molecule has 1 atom stereocenters. The van der Waals surface area contributed by atoms with Gasteiger partial charge < -0.3 is 4.90 Å². The zero-order valence-electron chi connectivity index (χ0n) is 22.6. The Morgan fingerprint density at radius 3 is 2.00 bits per heavy atom. The van der Waals surface area contributed by atoms with Gasteiger partial charge in [0, 0.05) is 19.5 Å². The first kappa shape index (κ1) is 29.3. The van der Waals surface area contributed by atoms with Gasteiger partial charge in [-0.25, -0.2) is 0 Å². The molecule has 1 aromatic carbocycles. The Labute approximate surface area is 212 Å². The summed E-state index contributed by atoms with van der Waals surface area (Å²) in [6.07, 6.45) is 10.8. The summed E-state index contributed by atoms with van der Waals surface area (Å²) in [6.45, 7) is 11.6. The standard InChI is InChI=1S/C28H46N3O3P/c1-6-11-20-35(21-12-7-2,22-13-8-3)29-24-17-15-14-16-23(24)27(33)31-25(18-19-26(31)32)28(34)30(9-4)10-5/h14-17,25H,6-13,18-22H2,1-5H3/t25-/m0/s1. The van der Waals surface area contributed by atoms with E-state index < -0.39 is 13.1 Å². The van der Waals surface area contributed by atoms with E-state index in [9.17, 15) is 14.4 Å². The van der Waals surface area contributed by atoms with Crippen molar-refractivity contribution < 1.29 is 14.4 Å². The maximum Gasteiger partial charge on any atom is 0.263 e. The van der Waals surface area contributed by atoms with Crippen LogP contribution in [0.15, 0.2) is 29.0 Å². The van der Waals surface area contributed by atoms with Gasteiger partial charge in [0.15, 0.2) is 0 Å². The molecule has 0 spiro atoms. The highest BCUT2D eigenvalue weighted by molar-refractivity contribution is 7.66. The minimum Gasteiger partial charge on any atom is -0.341 e. The molecular weight excluding hydrogens is 457 g/mol. The van der Waals surface area contributed by atoms with Crippen molar-refractivity contribution in [1.29, 1.82) is 0 Å². The lowest BCUT2D eigenvalue weighted by Crippen LogP contribution is -2.49. The zero-order valence-corrected chi connectivity index (χ0v) is 23.5. The molecule has 1 aromatic rings. The van der Waals surface area contributed by atoms with E-state index in [1.54, 1.807) is 11.0 Å². The fourth-order valence-corrected chi connectivity index (χ4v) is 9.18. The first-order chi connectivity index (χ1) is 16.9. The molecule has 1 saturated heterocycles. The Morgan fingerprint density at radius 2 is 1.49 bits per heavy atom. The quantitative estimate of drug-likeness (QED) is 0.204. The second-order valence-electron chi connectivity index (χ2n) is 9.58. The molecule has 6 nitrogen and oxygen atoms in total. The predicted molar refractivity (Wildman–Crippen MR) is 147 cm³/mol. The van der Waals surface area contributed by atoms with Crippen LogP contribution in [0.2, 0.25) is 0 Å². The van der Waals surface area contributed by atoms with Crippen molar-refractivity contribution in [3.8, 4) is 0 Å². The van der Waals surface area contributed by atoms with E-state index in [-0.39, 0.29) is 24.1 Å². The molecule has 2 rings (SSSR count). The third kappa shape index (κ3) is 7.52. The highest BCUT2D eigenvalue weighted by Gasteiger charge is 2.42. The van der Waals surface area contributed by atoms with Gasteiger partial charge in [-0.3, -0.25) is 24.0 Å². The van der Waals surface area contributed by atoms with E-state index >= 15 is 0 Å². The van der Waals surface area contributed by atoms with Gasteiger partial charge >= 0.3 is 0 Å². The van der Waals surface area contributed by atoms with Crippen LogP contribution in [-0.2, 0) is 9.59 Å². The molecule has 1 aliphatic heterocycles. The lowest BCUT2D eigenvalue weighted by Gasteiger charge is -2.29. The Hall–Kier alpha value is -1.94. The topological polar surface area (TPSA) is 70.0 Å². The summed E-state index contributed by atoms with van der Waals surface area (Å²) in [5, 5.41) is 0. The van der Waals surface area contributed by atoms with Gasteiger partial charge in [0.1, 0.15) is 6.04 Å². The molecule has 7 heteroatoms. The minimum absolute atomic E-state index is 0.140. The van der Waals surface area contributed by atoms with Crippen LogP contribution in [0.5, 0.6) is 0 Å². The fourth-order valence-electron chi connectivity index (χ4n) is 4.86. The molecule has 1 aliphatic rings. The molecule has 0 saturated carbocycles. The zero-order chi connectivity index (χ0) is 25.8. The number of unbranched alkanes of at least 4 members (excludes halogenated alkanes) is 3. The molecular formula is C28H46N3O3P. The SMILES string of the molecule is CCCCP(CCCC)(CCCC)=Nc1ccccc1C(=O)N1C(=O)CC[C@H]1C(=O)N(CC)CC. The lowest BCUT2D eigenvalue weighted by molar-refractivity contribution is -0.139. The Bertz CT molecular complexity index is 882. The number of likely N-dealkylation sites (tertiary alicyclic amines) is 1. The van der Waals surface area contributed by atoms with Crippen LogP contribution >= 0.6 is 7.05 Å². The Kier molecular flexibility index (Phi) is 12.2. The van der Waals surface area contributed by atoms with Crippen LogP contribution in [0, 0.1) is 0 Å². The van der Waals surface area contributed by atoms with E-state index in [0.29, 0.717) is 30.8 Å². The minimum atomic E-state index is -1.65. The first-order valence-corrected chi connectivity index (χ1v) is 16.0. The molecule has 0 aliphatic carbocycles. The number of carbonyl (C=O) groups excluding carboxylic acids is 3. The van der Waals surface area contributed by atoms with Crippen LogP contribution in [-0.4, -0.2) is 65.1 Å². The number of nitrogens with zero attached hydrogens (tertiary/aromatic N) is 3. The summed E-state index contributed by atoms with van der Waals surface area (Å²) in [4.78, 5) is 42.7. The summed E-state index contributed by atoms with van der Waals surface area (Å²) in [6, 6.07) is 6.74. The molecule has 1 heterocycles. The van der Waals surface area contributed by atoms with Crippen molar-refractivity contribution in [3.05, 3.63) is 29.8 Å². The maximum absolute atomic E-state index is 13.8. The van der Waals surface area contributed by atoms with Crippen molar-refractivity contribution in [2.45, 2.75) is 92.0 Å². The van der Waals surface area contributed by atoms with Crippen LogP contribution in [0.1, 0.15) is 96.3 Å². The molecule has 0 bridgehead atoms. The van der Waals surface area contributed by atoms with Crippen LogP contribution in [0.25, 0.3) is 0 Å². The van der Waals surface area contributed by atoms with Gasteiger partial charge in [-0.2, -0.15) is 0 Å². The second kappa shape index (κ2) is 14.6. The number of benzene rings is 1. The fraction of sp³-hybridized carbons (Fsp3) is 0.679. The van der Waals surface area contributed by atoms with Crippen molar-refractivity contribution in [1.82, 2.24) is 9.80 Å². The van der Waals surface area contributed by atoms with E-state index in [4.69, 9.17) is 4.74 Å². The number of imide groups is 1. The van der Waals surface area contributed by atoms with Crippen LogP contribution in [0.4, 0.5) is 5.69 Å². The number of likely N-dealkylation sites (N-methyl/N-ethyl adjacent to an activating group) is 1. The summed E-state index contributed by atoms with van der Waals surface area (Å²) >= 11 is 0. The third-order valence-corrected chi connectivity index (χ3v) is 11.1. The smallest absolute Gasteiger partial charge is 0.263 e. The van der Waals surface area contributed by atoms with Crippen molar-refractivity contribution in [2.24, 2.45) is 4.74 Å². The van der Waals surface area contributed by atoms with Gasteiger partial charge in [0.05, 0.1) is 11.3 Å². The second-order valence-corrected chi connectivity index (χ2v) is 13.3. The lowest BCUT2D eigenvalue weighted by atomic mass is 10.1. The normalized spacial score (nSPS) is 16.0. The first-order valence-electron chi connectivity index (χ1n) is 13.7. The van der Waals surface area contributed by atoms with Crippen molar-refractivity contribution in [2.75, 3.05) is 31.6 Å². The van der Waals surface area contributed by atoms with Gasteiger partial charge in [0.2, 0.25) is 11.8 Å². The predicted octanol–water partition coefficient (Wildman–Crippen LogP) is 6.92. The number of hydrogen-bond acceptors (Lipinski definition) is 4. The molecule has 196 valence electrons. The summed E-state index contributed by atoms with van der Waals surface area (Å²) in [5.41, 5.74) is 1.15. The highest BCUT2D eigenvalue weighted by Crippen LogP contribution is 2.54. The van der Waals surface area contributed by atoms with Gasteiger partial charge in [-0.15, -0.1) is 0 Å². The Balaban J connectivity index is 2.53. The van der Waals surface area contributed by atoms with E-state index in [0.717, 1.165) is 57.0 Å². The van der Waals surface area contributed by atoms with E-state index in [1.807, 2.05) is 32.0 Å². The average Bonchev–Trinajstić information content (AvgIpc) is 3.26. The van der Waals surface area contributed by atoms with Crippen LogP contribution < -0.4 is 0 Å². The van der Waals surface area contributed by atoms with E-state index in [2.05, 4.69) is 20.8 Å². The largest absolute Gasteiger partial charge is 0.341 e. The van der Waals surface area contributed by atoms with E-state index in [1.165, 1.54) is 4.90 Å². The molecule has 1 fully saturated rings. The Morgan fingerprint density at radius 1 is 0.943 bits per heavy atom. The molecule has 35 heavy (non-hydrogen) atoms. The molecule has 0 unspecified atom stereocenters. The van der Waals surface area contributed by atoms with Crippen LogP contribution in [0.3, 0.4) is 0 Å². The summed E-state index contributed by atoms with van der Waals surface area (Å²) < 4.78 is 5.41. The molecule has 0 N–H and O–H groups in total. The number of amides is 3.